The van der Waals surface area contributed by atoms with Crippen LogP contribution in [0.15, 0.2) is 12.8 Å². The summed E-state index contributed by atoms with van der Waals surface area (Å²) in [6, 6.07) is 0. The van der Waals surface area contributed by atoms with E-state index < -0.39 is 0 Å². The molecule has 2 heteroatoms. The lowest BCUT2D eigenvalue weighted by molar-refractivity contribution is -0.142. The first-order valence-corrected chi connectivity index (χ1v) is 4.05. The smallest absolute Gasteiger partial charge is 0.313 e. The molecule has 2 atom stereocenters. The molecule has 0 aliphatic heterocycles. The Balaban J connectivity index is 2.36. The first-order chi connectivity index (χ1) is 5.24. The average Bonchev–Trinajstić information content (AvgIpc) is 2.36. The molecule has 11 heavy (non-hydrogen) atoms. The molecule has 0 amide bonds. The minimum atomic E-state index is -0.107. The topological polar surface area (TPSA) is 26.3 Å². The molecule has 0 heterocycles. The van der Waals surface area contributed by atoms with E-state index >= 15 is 0 Å². The molecule has 0 bridgehead atoms. The summed E-state index contributed by atoms with van der Waals surface area (Å²) in [7, 11) is 0. The Bertz CT molecular complexity index is 163. The van der Waals surface area contributed by atoms with Gasteiger partial charge in [0.05, 0.1) is 12.2 Å². The van der Waals surface area contributed by atoms with Crippen LogP contribution in [0, 0.1) is 11.8 Å². The number of carbonyl (C=O) groups excluding carboxylic acids is 1. The normalized spacial score (nSPS) is 29.9. The molecule has 0 N–H and O–H groups in total. The second-order valence-corrected chi connectivity index (χ2v) is 3.22. The second kappa shape index (κ2) is 3.56. The van der Waals surface area contributed by atoms with Gasteiger partial charge in [-0.25, -0.2) is 0 Å². The number of carbonyl (C=O) groups is 1. The maximum atomic E-state index is 11.1. The van der Waals surface area contributed by atoms with E-state index in [9.17, 15) is 4.79 Å². The van der Waals surface area contributed by atoms with Gasteiger partial charge in [-0.05, 0) is 25.2 Å². The van der Waals surface area contributed by atoms with E-state index in [0.717, 1.165) is 19.3 Å². The van der Waals surface area contributed by atoms with Crippen LogP contribution in [0.5, 0.6) is 0 Å². The summed E-state index contributed by atoms with van der Waals surface area (Å²) >= 11 is 0. The molecule has 1 fully saturated rings. The number of hydrogen-bond acceptors (Lipinski definition) is 2. The third kappa shape index (κ3) is 2.07. The summed E-state index contributed by atoms with van der Waals surface area (Å²) in [5, 5.41) is 0. The Kier molecular flexibility index (Phi) is 2.69. The van der Waals surface area contributed by atoms with E-state index in [1.165, 1.54) is 6.26 Å². The molecule has 0 aromatic carbocycles. The summed E-state index contributed by atoms with van der Waals surface area (Å²) in [6.45, 7) is 5.52. The molecule has 1 aliphatic rings. The van der Waals surface area contributed by atoms with Crippen molar-refractivity contribution in [2.24, 2.45) is 11.8 Å². The zero-order valence-electron chi connectivity index (χ0n) is 6.88. The highest BCUT2D eigenvalue weighted by Gasteiger charge is 2.27. The summed E-state index contributed by atoms with van der Waals surface area (Å²) in [5.41, 5.74) is 0. The Labute approximate surface area is 67.2 Å². The third-order valence-corrected chi connectivity index (χ3v) is 2.23. The van der Waals surface area contributed by atoms with Crippen molar-refractivity contribution in [3.05, 3.63) is 12.8 Å². The van der Waals surface area contributed by atoms with Crippen molar-refractivity contribution in [1.82, 2.24) is 0 Å². The number of esters is 1. The van der Waals surface area contributed by atoms with Gasteiger partial charge in [0.15, 0.2) is 0 Å². The van der Waals surface area contributed by atoms with E-state index in [0.29, 0.717) is 5.92 Å². The summed E-state index contributed by atoms with van der Waals surface area (Å²) < 4.78 is 4.70. The van der Waals surface area contributed by atoms with Crippen LogP contribution in [0.1, 0.15) is 26.2 Å². The Morgan fingerprint density at radius 1 is 1.64 bits per heavy atom. The highest BCUT2D eigenvalue weighted by Crippen LogP contribution is 2.30. The van der Waals surface area contributed by atoms with Gasteiger partial charge in [0, 0.05) is 0 Å². The molecule has 0 radical (unpaired) electrons. The largest absolute Gasteiger partial charge is 0.435 e. The fourth-order valence-corrected chi connectivity index (χ4v) is 1.60. The molecule has 0 aromatic rings. The lowest BCUT2D eigenvalue weighted by Crippen LogP contribution is -2.11. The fourth-order valence-electron chi connectivity index (χ4n) is 1.60. The van der Waals surface area contributed by atoms with Gasteiger partial charge in [0.25, 0.3) is 0 Å². The molecule has 1 aliphatic carbocycles. The van der Waals surface area contributed by atoms with Gasteiger partial charge >= 0.3 is 5.97 Å². The SMILES string of the molecule is C=COC(=O)C1CCC(C)C1. The van der Waals surface area contributed by atoms with Crippen molar-refractivity contribution < 1.29 is 9.53 Å². The minimum Gasteiger partial charge on any atom is -0.435 e. The van der Waals surface area contributed by atoms with Crippen LogP contribution in [0.25, 0.3) is 0 Å². The van der Waals surface area contributed by atoms with Crippen LogP contribution in [-0.2, 0) is 9.53 Å². The molecule has 62 valence electrons. The van der Waals surface area contributed by atoms with Crippen LogP contribution in [0.3, 0.4) is 0 Å². The Morgan fingerprint density at radius 2 is 2.36 bits per heavy atom. The van der Waals surface area contributed by atoms with Crippen molar-refractivity contribution >= 4 is 5.97 Å². The van der Waals surface area contributed by atoms with Crippen LogP contribution in [0.4, 0.5) is 0 Å². The van der Waals surface area contributed by atoms with Crippen molar-refractivity contribution in [2.75, 3.05) is 0 Å². The maximum absolute atomic E-state index is 11.1. The van der Waals surface area contributed by atoms with Gasteiger partial charge in [-0.2, -0.15) is 0 Å². The molecular formula is C9H14O2. The number of rotatable bonds is 2. The van der Waals surface area contributed by atoms with Crippen LogP contribution in [0.2, 0.25) is 0 Å². The first-order valence-electron chi connectivity index (χ1n) is 4.05. The molecule has 0 spiro atoms. The lowest BCUT2D eigenvalue weighted by atomic mass is 10.1. The number of hydrogen-bond donors (Lipinski definition) is 0. The summed E-state index contributed by atoms with van der Waals surface area (Å²) in [6.07, 6.45) is 4.32. The van der Waals surface area contributed by atoms with E-state index in [4.69, 9.17) is 4.74 Å². The van der Waals surface area contributed by atoms with Crippen LogP contribution >= 0.6 is 0 Å². The van der Waals surface area contributed by atoms with Gasteiger partial charge in [-0.15, -0.1) is 0 Å². The van der Waals surface area contributed by atoms with Crippen LogP contribution in [-0.4, -0.2) is 5.97 Å². The quantitative estimate of drug-likeness (QED) is 0.449. The van der Waals surface area contributed by atoms with Gasteiger partial charge < -0.3 is 4.74 Å². The molecule has 0 saturated heterocycles. The first kappa shape index (κ1) is 8.31. The van der Waals surface area contributed by atoms with Gasteiger partial charge in [-0.3, -0.25) is 4.79 Å². The van der Waals surface area contributed by atoms with Crippen molar-refractivity contribution in [2.45, 2.75) is 26.2 Å². The van der Waals surface area contributed by atoms with E-state index in [1.54, 1.807) is 0 Å². The highest BCUT2D eigenvalue weighted by atomic mass is 16.5. The third-order valence-electron chi connectivity index (χ3n) is 2.23. The molecule has 0 aromatic heterocycles. The average molecular weight is 154 g/mol. The zero-order chi connectivity index (χ0) is 8.27. The molecule has 1 rings (SSSR count). The minimum absolute atomic E-state index is 0.107. The van der Waals surface area contributed by atoms with Crippen LogP contribution < -0.4 is 0 Å². The van der Waals surface area contributed by atoms with E-state index in [-0.39, 0.29) is 11.9 Å². The molecular weight excluding hydrogens is 140 g/mol. The summed E-state index contributed by atoms with van der Waals surface area (Å²) in [4.78, 5) is 11.1. The second-order valence-electron chi connectivity index (χ2n) is 3.22. The Hall–Kier alpha value is -0.790. The molecule has 2 unspecified atom stereocenters. The Morgan fingerprint density at radius 3 is 2.82 bits per heavy atom. The predicted molar refractivity (Wildman–Crippen MR) is 42.8 cm³/mol. The van der Waals surface area contributed by atoms with Gasteiger partial charge in [0.2, 0.25) is 0 Å². The van der Waals surface area contributed by atoms with Crippen molar-refractivity contribution in [3.63, 3.8) is 0 Å². The maximum Gasteiger partial charge on any atom is 0.313 e. The molecule has 1 saturated carbocycles. The van der Waals surface area contributed by atoms with Gasteiger partial charge in [0.1, 0.15) is 0 Å². The lowest BCUT2D eigenvalue weighted by Gasteiger charge is -2.05. The van der Waals surface area contributed by atoms with E-state index in [1.807, 2.05) is 0 Å². The zero-order valence-corrected chi connectivity index (χ0v) is 6.88. The van der Waals surface area contributed by atoms with Crippen molar-refractivity contribution in [1.29, 1.82) is 0 Å². The fraction of sp³-hybridized carbons (Fsp3) is 0.667. The monoisotopic (exact) mass is 154 g/mol. The van der Waals surface area contributed by atoms with Gasteiger partial charge in [-0.1, -0.05) is 13.5 Å². The standard InChI is InChI=1S/C9H14O2/c1-3-11-9(10)8-5-4-7(2)6-8/h3,7-8H,1,4-6H2,2H3. The summed E-state index contributed by atoms with van der Waals surface area (Å²) in [5.74, 6) is 0.699. The predicted octanol–water partition coefficient (Wildman–Crippen LogP) is 2.11. The molecule has 2 nitrogen and oxygen atoms in total. The number of ether oxygens (including phenoxy) is 1. The van der Waals surface area contributed by atoms with E-state index in [2.05, 4.69) is 13.5 Å². The van der Waals surface area contributed by atoms with Crippen molar-refractivity contribution in [3.8, 4) is 0 Å². The highest BCUT2D eigenvalue weighted by molar-refractivity contribution is 5.73.